The van der Waals surface area contributed by atoms with Crippen LogP contribution in [0.5, 0.6) is 0 Å². The zero-order valence-corrected chi connectivity index (χ0v) is 20.5. The molecule has 0 aromatic heterocycles. The van der Waals surface area contributed by atoms with Gasteiger partial charge in [-0.05, 0) is 66.5 Å². The second kappa shape index (κ2) is 8.53. The summed E-state index contributed by atoms with van der Waals surface area (Å²) in [5, 5.41) is 11.8. The largest absolute Gasteiger partial charge is 0.448 e. The Bertz CT molecular complexity index is 1220. The SMILES string of the molecule is Cc1ccc(C)c(C2(O)CC3CCCC(C2)N3C(=O)OCC2c3ccccc3-c3ccccc32)c1. The van der Waals surface area contributed by atoms with Crippen molar-refractivity contribution in [1.29, 1.82) is 0 Å². The highest BCUT2D eigenvalue weighted by Gasteiger charge is 2.49. The molecule has 3 aromatic rings. The lowest BCUT2D eigenvalue weighted by molar-refractivity contribution is -0.0894. The molecule has 1 aliphatic carbocycles. The third-order valence-corrected chi connectivity index (χ3v) is 8.45. The minimum Gasteiger partial charge on any atom is -0.448 e. The monoisotopic (exact) mass is 467 g/mol. The topological polar surface area (TPSA) is 49.8 Å². The van der Waals surface area contributed by atoms with Gasteiger partial charge in [0.15, 0.2) is 0 Å². The maximum atomic E-state index is 13.5. The number of rotatable bonds is 3. The Kier molecular flexibility index (Phi) is 5.45. The van der Waals surface area contributed by atoms with E-state index in [-0.39, 0.29) is 24.1 Å². The first-order chi connectivity index (χ1) is 16.9. The van der Waals surface area contributed by atoms with E-state index in [2.05, 4.69) is 80.6 Å². The molecule has 2 saturated heterocycles. The molecular formula is C31H33NO3. The number of nitrogens with zero attached hydrogens (tertiary/aromatic N) is 1. The van der Waals surface area contributed by atoms with Gasteiger partial charge in [-0.25, -0.2) is 4.79 Å². The van der Waals surface area contributed by atoms with Crippen molar-refractivity contribution in [2.75, 3.05) is 6.61 Å². The maximum Gasteiger partial charge on any atom is 0.410 e. The Morgan fingerprint density at radius 1 is 0.943 bits per heavy atom. The third kappa shape index (κ3) is 3.75. The summed E-state index contributed by atoms with van der Waals surface area (Å²) in [6.07, 6.45) is 3.81. The fraction of sp³-hybridized carbons (Fsp3) is 0.387. The van der Waals surface area contributed by atoms with E-state index < -0.39 is 5.60 Å². The predicted molar refractivity (Wildman–Crippen MR) is 137 cm³/mol. The number of hydrogen-bond donors (Lipinski definition) is 1. The molecule has 2 fully saturated rings. The van der Waals surface area contributed by atoms with Crippen LogP contribution >= 0.6 is 0 Å². The standard InChI is InChI=1S/C31H33NO3/c1-20-14-15-21(2)29(16-20)31(34)17-22-8-7-9-23(18-31)32(22)30(33)35-19-28-26-12-5-3-10-24(26)25-11-4-6-13-27(25)28/h3-6,10-16,22-23,28,34H,7-9,17-19H2,1-2H3. The zero-order chi connectivity index (χ0) is 24.2. The zero-order valence-electron chi connectivity index (χ0n) is 20.5. The number of hydrogen-bond acceptors (Lipinski definition) is 3. The fourth-order valence-electron chi connectivity index (χ4n) is 6.85. The average Bonchev–Trinajstić information content (AvgIpc) is 3.17. The third-order valence-electron chi connectivity index (χ3n) is 8.45. The molecule has 6 rings (SSSR count). The molecule has 35 heavy (non-hydrogen) atoms. The van der Waals surface area contributed by atoms with Crippen LogP contribution in [0.1, 0.15) is 65.8 Å². The molecule has 0 saturated carbocycles. The second-order valence-corrected chi connectivity index (χ2v) is 10.7. The highest BCUT2D eigenvalue weighted by molar-refractivity contribution is 5.79. The molecular weight excluding hydrogens is 434 g/mol. The summed E-state index contributed by atoms with van der Waals surface area (Å²) in [5.74, 6) is 0.0582. The van der Waals surface area contributed by atoms with Crippen molar-refractivity contribution in [2.45, 2.75) is 69.6 Å². The van der Waals surface area contributed by atoms with Gasteiger partial charge in [0.2, 0.25) is 0 Å². The first-order valence-electron chi connectivity index (χ1n) is 12.9. The molecule has 0 radical (unpaired) electrons. The molecule has 2 unspecified atom stereocenters. The highest BCUT2D eigenvalue weighted by Crippen LogP contribution is 2.47. The summed E-state index contributed by atoms with van der Waals surface area (Å²) >= 11 is 0. The Morgan fingerprint density at radius 3 is 2.17 bits per heavy atom. The molecule has 4 heteroatoms. The number of fused-ring (bicyclic) bond motifs is 5. The molecule has 2 atom stereocenters. The number of aliphatic hydroxyl groups is 1. The van der Waals surface area contributed by atoms with Gasteiger partial charge in [-0.2, -0.15) is 0 Å². The summed E-state index contributed by atoms with van der Waals surface area (Å²) in [4.78, 5) is 15.4. The lowest BCUT2D eigenvalue weighted by atomic mass is 9.71. The molecule has 1 N–H and O–H groups in total. The number of benzene rings is 3. The number of carbonyl (C=O) groups is 1. The average molecular weight is 468 g/mol. The molecule has 180 valence electrons. The Labute approximate surface area is 207 Å². The van der Waals surface area contributed by atoms with Gasteiger partial charge in [-0.15, -0.1) is 0 Å². The summed E-state index contributed by atoms with van der Waals surface area (Å²) in [6, 6.07) is 23.2. The van der Waals surface area contributed by atoms with E-state index in [1.165, 1.54) is 22.3 Å². The first-order valence-corrected chi connectivity index (χ1v) is 12.9. The van der Waals surface area contributed by atoms with Crippen LogP contribution in [0.25, 0.3) is 11.1 Å². The number of aryl methyl sites for hydroxylation is 2. The van der Waals surface area contributed by atoms with E-state index in [4.69, 9.17) is 4.74 Å². The Morgan fingerprint density at radius 2 is 1.54 bits per heavy atom. The van der Waals surface area contributed by atoms with Crippen LogP contribution < -0.4 is 0 Å². The number of amides is 1. The minimum atomic E-state index is -0.897. The molecule has 4 nitrogen and oxygen atoms in total. The van der Waals surface area contributed by atoms with E-state index in [0.717, 1.165) is 36.0 Å². The van der Waals surface area contributed by atoms with Crippen molar-refractivity contribution in [3.63, 3.8) is 0 Å². The van der Waals surface area contributed by atoms with E-state index in [1.54, 1.807) is 0 Å². The quantitative estimate of drug-likeness (QED) is 0.481. The summed E-state index contributed by atoms with van der Waals surface area (Å²) < 4.78 is 6.04. The maximum absolute atomic E-state index is 13.5. The van der Waals surface area contributed by atoms with Crippen LogP contribution in [0.4, 0.5) is 4.79 Å². The van der Waals surface area contributed by atoms with Gasteiger partial charge in [0.05, 0.1) is 5.60 Å². The van der Waals surface area contributed by atoms with Crippen LogP contribution in [0.3, 0.4) is 0 Å². The summed E-state index contributed by atoms with van der Waals surface area (Å²) in [5.41, 5.74) is 7.31. The van der Waals surface area contributed by atoms with Crippen LogP contribution in [-0.4, -0.2) is 34.8 Å². The predicted octanol–water partition coefficient (Wildman–Crippen LogP) is 6.46. The van der Waals surface area contributed by atoms with E-state index in [9.17, 15) is 9.90 Å². The smallest absolute Gasteiger partial charge is 0.410 e. The lowest BCUT2D eigenvalue weighted by Gasteiger charge is -2.51. The van der Waals surface area contributed by atoms with Crippen LogP contribution in [-0.2, 0) is 10.3 Å². The molecule has 2 aliphatic heterocycles. The van der Waals surface area contributed by atoms with Crippen molar-refractivity contribution in [3.8, 4) is 11.1 Å². The normalized spacial score (nSPS) is 25.2. The molecule has 2 heterocycles. The van der Waals surface area contributed by atoms with Gasteiger partial charge < -0.3 is 14.7 Å². The van der Waals surface area contributed by atoms with Gasteiger partial charge in [0.1, 0.15) is 6.61 Å². The van der Waals surface area contributed by atoms with Crippen LogP contribution in [0, 0.1) is 13.8 Å². The van der Waals surface area contributed by atoms with Crippen molar-refractivity contribution >= 4 is 6.09 Å². The molecule has 3 aromatic carbocycles. The molecule has 0 spiro atoms. The van der Waals surface area contributed by atoms with E-state index >= 15 is 0 Å². The highest BCUT2D eigenvalue weighted by atomic mass is 16.6. The van der Waals surface area contributed by atoms with Crippen molar-refractivity contribution < 1.29 is 14.6 Å². The van der Waals surface area contributed by atoms with Gasteiger partial charge in [0, 0.05) is 30.8 Å². The van der Waals surface area contributed by atoms with Crippen LogP contribution in [0.15, 0.2) is 66.7 Å². The van der Waals surface area contributed by atoms with E-state index in [1.807, 2.05) is 4.90 Å². The van der Waals surface area contributed by atoms with Gasteiger partial charge in [-0.1, -0.05) is 72.3 Å². The Hall–Kier alpha value is -3.11. The fourth-order valence-corrected chi connectivity index (χ4v) is 6.85. The number of piperidine rings is 2. The van der Waals surface area contributed by atoms with Crippen LogP contribution in [0.2, 0.25) is 0 Å². The number of ether oxygens (including phenoxy) is 1. The van der Waals surface area contributed by atoms with Gasteiger partial charge >= 0.3 is 6.09 Å². The number of carbonyl (C=O) groups excluding carboxylic acids is 1. The Balaban J connectivity index is 1.22. The first kappa shape index (κ1) is 22.4. The second-order valence-electron chi connectivity index (χ2n) is 10.7. The van der Waals surface area contributed by atoms with Crippen molar-refractivity contribution in [2.24, 2.45) is 0 Å². The summed E-state index contributed by atoms with van der Waals surface area (Å²) in [7, 11) is 0. The minimum absolute atomic E-state index is 0.00284. The summed E-state index contributed by atoms with van der Waals surface area (Å²) in [6.45, 7) is 4.48. The van der Waals surface area contributed by atoms with Gasteiger partial charge in [0.25, 0.3) is 0 Å². The van der Waals surface area contributed by atoms with Crippen molar-refractivity contribution in [3.05, 3.63) is 94.5 Å². The molecule has 2 bridgehead atoms. The van der Waals surface area contributed by atoms with E-state index in [0.29, 0.717) is 19.4 Å². The van der Waals surface area contributed by atoms with Crippen molar-refractivity contribution in [1.82, 2.24) is 4.90 Å². The molecule has 3 aliphatic rings. The van der Waals surface area contributed by atoms with Gasteiger partial charge in [-0.3, -0.25) is 0 Å². The molecule has 1 amide bonds. The lowest BCUT2D eigenvalue weighted by Crippen LogP contribution is -2.59.